The van der Waals surface area contributed by atoms with Gasteiger partial charge in [-0.1, -0.05) is 102 Å². The summed E-state index contributed by atoms with van der Waals surface area (Å²) >= 11 is 0. The van der Waals surface area contributed by atoms with Crippen LogP contribution in [0.3, 0.4) is 0 Å². The highest BCUT2D eigenvalue weighted by Crippen LogP contribution is 2.49. The standard InChI is InChI=1S/C51H60N2O4/c1-12-32-24-35(13-2)40(26-32)47(54)55-39-22-20-33(21-23-39)18-19-34-25-36-30-52-43-16-14-15-17-44(43)53-31-37-28-38(48(3,4)5)29-42(50(9,10)11)46(37)57-51(52,53)56-45(36)41(27-34)49(6,7)8/h12-13,20-23,25,27-32,35,40,43-44H,1-2,14-17,24,26H2,3-11H3/q+2/t32?,35?,40?,43?,44-,51-/m1/s1. The van der Waals surface area contributed by atoms with E-state index < -0.39 is 6.03 Å². The number of carbonyl (C=O) groups excluding carboxylic acids is 1. The molecular weight excluding hydrogens is 705 g/mol. The molecule has 3 aromatic carbocycles. The van der Waals surface area contributed by atoms with Gasteiger partial charge in [-0.15, -0.1) is 13.2 Å². The van der Waals surface area contributed by atoms with Crippen LogP contribution in [-0.2, 0) is 21.0 Å². The predicted molar refractivity (Wildman–Crippen MR) is 228 cm³/mol. The molecule has 3 aliphatic heterocycles. The third kappa shape index (κ3) is 6.96. The minimum atomic E-state index is -1.13. The fourth-order valence-electron chi connectivity index (χ4n) is 9.56. The first-order valence-electron chi connectivity index (χ1n) is 21.0. The van der Waals surface area contributed by atoms with Gasteiger partial charge in [0.2, 0.25) is 12.1 Å². The van der Waals surface area contributed by atoms with Crippen LogP contribution in [0.15, 0.2) is 73.8 Å². The maximum absolute atomic E-state index is 13.1. The second-order valence-electron chi connectivity index (χ2n) is 20.0. The van der Waals surface area contributed by atoms with E-state index in [0.717, 1.165) is 65.0 Å². The smallest absolute Gasteiger partial charge is 0.426 e. The van der Waals surface area contributed by atoms with E-state index in [1.165, 1.54) is 24.0 Å². The van der Waals surface area contributed by atoms with Gasteiger partial charge in [0.05, 0.1) is 17.0 Å². The molecule has 4 unspecified atom stereocenters. The van der Waals surface area contributed by atoms with Crippen molar-refractivity contribution in [1.82, 2.24) is 0 Å². The SMILES string of the molecule is C=CC1CC(C=C)C(C(=O)Oc2ccc(C#Cc3cc4c(c(C(C)(C)C)c3)O[C@]35Oc6c(cc(C(C)(C)C)cc6C(C)(C)C)C=[N+]3[C@@H]3CCCCC3[N+]5=C4)cc2)C1. The summed E-state index contributed by atoms with van der Waals surface area (Å²) in [6.07, 6.45) is 14.6. The van der Waals surface area contributed by atoms with Crippen molar-refractivity contribution >= 4 is 18.4 Å². The van der Waals surface area contributed by atoms with E-state index >= 15 is 0 Å². The van der Waals surface area contributed by atoms with Gasteiger partial charge >= 0.3 is 12.0 Å². The highest BCUT2D eigenvalue weighted by molar-refractivity contribution is 5.85. The largest absolute Gasteiger partial charge is 0.704 e. The Hall–Kier alpha value is -4.89. The molecule has 0 radical (unpaired) electrons. The Labute approximate surface area is 340 Å². The molecule has 6 nitrogen and oxygen atoms in total. The minimum Gasteiger partial charge on any atom is -0.426 e. The predicted octanol–water partition coefficient (Wildman–Crippen LogP) is 10.2. The Kier molecular flexibility index (Phi) is 9.50. The number of fused-ring (bicyclic) bond motifs is 5. The van der Waals surface area contributed by atoms with Crippen molar-refractivity contribution in [3.8, 4) is 29.1 Å². The summed E-state index contributed by atoms with van der Waals surface area (Å²) in [5.41, 5.74) is 7.12. The molecule has 1 spiro atoms. The second kappa shape index (κ2) is 13.9. The lowest BCUT2D eigenvalue weighted by Crippen LogP contribution is -2.60. The van der Waals surface area contributed by atoms with Crippen molar-refractivity contribution in [3.05, 3.63) is 113 Å². The average molecular weight is 765 g/mol. The Bertz CT molecular complexity index is 2280. The number of benzene rings is 3. The molecule has 0 bridgehead atoms. The third-order valence-electron chi connectivity index (χ3n) is 12.8. The lowest BCUT2D eigenvalue weighted by molar-refractivity contribution is -0.866. The van der Waals surface area contributed by atoms with Gasteiger partial charge in [0.25, 0.3) is 0 Å². The number of hydrogen-bond acceptors (Lipinski definition) is 4. The quantitative estimate of drug-likeness (QED) is 0.0873. The number of nitrogens with zero attached hydrogens (tertiary/aromatic N) is 2. The van der Waals surface area contributed by atoms with E-state index in [0.29, 0.717) is 11.7 Å². The summed E-state index contributed by atoms with van der Waals surface area (Å²) in [5.74, 6) is 9.12. The Morgan fingerprint density at radius 3 is 1.84 bits per heavy atom. The fraction of sp³-hybridized carbons (Fsp3) is 0.471. The number of carbonyl (C=O) groups is 1. The molecule has 2 aliphatic carbocycles. The highest BCUT2D eigenvalue weighted by atomic mass is 16.7. The van der Waals surface area contributed by atoms with Crippen LogP contribution >= 0.6 is 0 Å². The summed E-state index contributed by atoms with van der Waals surface area (Å²) in [4.78, 5) is 13.1. The molecule has 296 valence electrons. The van der Waals surface area contributed by atoms with E-state index in [9.17, 15) is 4.79 Å². The van der Waals surface area contributed by atoms with Gasteiger partial charge in [-0.05, 0) is 102 Å². The maximum Gasteiger partial charge on any atom is 0.704 e. The minimum absolute atomic E-state index is 0.00237. The van der Waals surface area contributed by atoms with Gasteiger partial charge < -0.3 is 14.2 Å². The highest BCUT2D eigenvalue weighted by Gasteiger charge is 2.77. The molecule has 5 aliphatic rings. The average Bonchev–Trinajstić information content (AvgIpc) is 3.70. The van der Waals surface area contributed by atoms with E-state index in [1.54, 1.807) is 0 Å². The third-order valence-corrected chi connectivity index (χ3v) is 12.8. The van der Waals surface area contributed by atoms with Crippen molar-refractivity contribution in [2.24, 2.45) is 17.8 Å². The van der Waals surface area contributed by atoms with Gasteiger partial charge in [-0.25, -0.2) is 0 Å². The van der Waals surface area contributed by atoms with E-state index in [-0.39, 0.29) is 46.1 Å². The van der Waals surface area contributed by atoms with E-state index in [2.05, 4.69) is 133 Å². The summed E-state index contributed by atoms with van der Waals surface area (Å²) in [6, 6.07) is 15.9. The monoisotopic (exact) mass is 764 g/mol. The molecule has 0 amide bonds. The van der Waals surface area contributed by atoms with Crippen molar-refractivity contribution in [2.45, 2.75) is 135 Å². The van der Waals surface area contributed by atoms with Crippen LogP contribution in [0.25, 0.3) is 0 Å². The van der Waals surface area contributed by atoms with Crippen LogP contribution in [-0.4, -0.2) is 45.7 Å². The normalized spacial score (nSPS) is 26.0. The summed E-state index contributed by atoms with van der Waals surface area (Å²) in [5, 5.41) is 0. The Balaban J connectivity index is 1.15. The topological polar surface area (TPSA) is 50.8 Å². The number of esters is 1. The van der Waals surface area contributed by atoms with Crippen LogP contribution < -0.4 is 14.2 Å². The lowest BCUT2D eigenvalue weighted by atomic mass is 9.79. The first-order chi connectivity index (χ1) is 26.9. The molecular formula is C51H60N2O4+2. The first kappa shape index (κ1) is 39.0. The van der Waals surface area contributed by atoms with Gasteiger partial charge in [0, 0.05) is 35.1 Å². The van der Waals surface area contributed by atoms with Crippen LogP contribution in [0.2, 0.25) is 0 Å². The molecule has 2 saturated carbocycles. The zero-order chi connectivity index (χ0) is 40.7. The number of rotatable bonds is 4. The van der Waals surface area contributed by atoms with Gasteiger partial charge in [-0.3, -0.25) is 4.79 Å². The van der Waals surface area contributed by atoms with Crippen LogP contribution in [0.5, 0.6) is 17.2 Å². The van der Waals surface area contributed by atoms with Crippen molar-refractivity contribution in [3.63, 3.8) is 0 Å². The van der Waals surface area contributed by atoms with Crippen LogP contribution in [0.4, 0.5) is 0 Å². The van der Waals surface area contributed by atoms with Crippen LogP contribution in [0.1, 0.15) is 140 Å². The van der Waals surface area contributed by atoms with Gasteiger partial charge in [-0.2, -0.15) is 0 Å². The summed E-state index contributed by atoms with van der Waals surface area (Å²) in [6.45, 7) is 28.2. The molecule has 8 rings (SSSR count). The van der Waals surface area contributed by atoms with Crippen molar-refractivity contribution in [1.29, 1.82) is 0 Å². The van der Waals surface area contributed by atoms with Gasteiger partial charge in [0.15, 0.2) is 23.9 Å². The second-order valence-corrected chi connectivity index (χ2v) is 20.0. The maximum atomic E-state index is 13.1. The zero-order valence-electron chi connectivity index (χ0n) is 35.5. The summed E-state index contributed by atoms with van der Waals surface area (Å²) < 4.78 is 25.4. The fourth-order valence-corrected chi connectivity index (χ4v) is 9.56. The van der Waals surface area contributed by atoms with E-state index in [4.69, 9.17) is 14.2 Å². The van der Waals surface area contributed by atoms with Crippen molar-refractivity contribution in [2.75, 3.05) is 0 Å². The van der Waals surface area contributed by atoms with Crippen LogP contribution in [0, 0.1) is 29.6 Å². The zero-order valence-corrected chi connectivity index (χ0v) is 35.5. The number of allylic oxidation sites excluding steroid dienone is 2. The molecule has 0 N–H and O–H groups in total. The Morgan fingerprint density at radius 2 is 1.30 bits per heavy atom. The number of hydrogen-bond donors (Lipinski definition) is 0. The molecule has 1 saturated heterocycles. The molecule has 0 aromatic heterocycles. The molecule has 3 heterocycles. The van der Waals surface area contributed by atoms with Crippen molar-refractivity contribution < 1.29 is 28.2 Å². The summed E-state index contributed by atoms with van der Waals surface area (Å²) in [7, 11) is 0. The molecule has 6 atom stereocenters. The molecule has 6 heteroatoms. The number of ether oxygens (including phenoxy) is 3. The van der Waals surface area contributed by atoms with Gasteiger partial charge in [0.1, 0.15) is 5.75 Å². The molecule has 3 fully saturated rings. The molecule has 57 heavy (non-hydrogen) atoms. The molecule has 3 aromatic rings. The Morgan fingerprint density at radius 1 is 0.737 bits per heavy atom. The van der Waals surface area contributed by atoms with E-state index in [1.807, 2.05) is 36.4 Å². The lowest BCUT2D eigenvalue weighted by Gasteiger charge is -2.34. The first-order valence-corrected chi connectivity index (χ1v) is 21.0.